The quantitative estimate of drug-likeness (QED) is 0.832. The first-order valence-electron chi connectivity index (χ1n) is 6.43. The molecule has 18 heavy (non-hydrogen) atoms. The van der Waals surface area contributed by atoms with Gasteiger partial charge in [-0.05, 0) is 44.4 Å². The van der Waals surface area contributed by atoms with E-state index in [0.717, 1.165) is 12.8 Å². The molecule has 1 aliphatic carbocycles. The maximum Gasteiger partial charge on any atom is 0.253 e. The molecule has 1 saturated carbocycles. The van der Waals surface area contributed by atoms with Gasteiger partial charge >= 0.3 is 0 Å². The van der Waals surface area contributed by atoms with Crippen molar-refractivity contribution in [2.75, 3.05) is 19.4 Å². The Bertz CT molecular complexity index is 441. The van der Waals surface area contributed by atoms with E-state index in [9.17, 15) is 4.79 Å². The lowest BCUT2D eigenvalue weighted by Crippen LogP contribution is -2.41. The first kappa shape index (κ1) is 12.7. The fraction of sp³-hybridized carbons (Fsp3) is 0.500. The second kappa shape index (κ2) is 5.29. The van der Waals surface area contributed by atoms with E-state index in [1.54, 1.807) is 18.2 Å². The van der Waals surface area contributed by atoms with Crippen LogP contribution in [0.4, 0.5) is 5.69 Å². The van der Waals surface area contributed by atoms with Crippen molar-refractivity contribution in [3.63, 3.8) is 0 Å². The molecule has 0 aliphatic heterocycles. The first-order valence-corrected chi connectivity index (χ1v) is 6.43. The van der Waals surface area contributed by atoms with Gasteiger partial charge in [0.2, 0.25) is 0 Å². The summed E-state index contributed by atoms with van der Waals surface area (Å²) in [5.74, 6) is 0.676. The van der Waals surface area contributed by atoms with E-state index in [1.165, 1.54) is 6.42 Å². The summed E-state index contributed by atoms with van der Waals surface area (Å²) < 4.78 is 5.36. The van der Waals surface area contributed by atoms with Gasteiger partial charge in [0.25, 0.3) is 5.91 Å². The highest BCUT2D eigenvalue weighted by Crippen LogP contribution is 2.27. The van der Waals surface area contributed by atoms with Gasteiger partial charge in [0.1, 0.15) is 5.75 Å². The van der Waals surface area contributed by atoms with E-state index in [0.29, 0.717) is 29.6 Å². The Balaban J connectivity index is 2.12. The SMILES string of the molecule is CCOc1ccc(C(=O)N(C)C2CCC2)cc1N. The Morgan fingerprint density at radius 3 is 2.72 bits per heavy atom. The van der Waals surface area contributed by atoms with Gasteiger partial charge in [-0.3, -0.25) is 4.79 Å². The summed E-state index contributed by atoms with van der Waals surface area (Å²) in [6, 6.07) is 5.63. The molecule has 2 rings (SSSR count). The van der Waals surface area contributed by atoms with Gasteiger partial charge < -0.3 is 15.4 Å². The van der Waals surface area contributed by atoms with Crippen molar-refractivity contribution in [1.29, 1.82) is 0 Å². The number of anilines is 1. The zero-order valence-electron chi connectivity index (χ0n) is 11.0. The number of carbonyl (C=O) groups is 1. The normalized spacial score (nSPS) is 15.0. The Morgan fingerprint density at radius 1 is 1.50 bits per heavy atom. The molecule has 1 aromatic rings. The van der Waals surface area contributed by atoms with Gasteiger partial charge in [0.05, 0.1) is 12.3 Å². The third-order valence-electron chi connectivity index (χ3n) is 3.50. The van der Waals surface area contributed by atoms with Crippen molar-refractivity contribution in [2.45, 2.75) is 32.2 Å². The molecule has 4 heteroatoms. The topological polar surface area (TPSA) is 55.6 Å². The molecule has 1 aromatic carbocycles. The van der Waals surface area contributed by atoms with Crippen molar-refractivity contribution in [1.82, 2.24) is 4.90 Å². The van der Waals surface area contributed by atoms with Gasteiger partial charge in [0, 0.05) is 18.7 Å². The molecule has 0 spiro atoms. The fourth-order valence-electron chi connectivity index (χ4n) is 2.11. The van der Waals surface area contributed by atoms with Crippen molar-refractivity contribution in [3.05, 3.63) is 23.8 Å². The summed E-state index contributed by atoms with van der Waals surface area (Å²) in [6.45, 7) is 2.47. The third kappa shape index (κ3) is 2.42. The van der Waals surface area contributed by atoms with E-state index >= 15 is 0 Å². The summed E-state index contributed by atoms with van der Waals surface area (Å²) >= 11 is 0. The van der Waals surface area contributed by atoms with Gasteiger partial charge in [-0.25, -0.2) is 0 Å². The number of nitrogen functional groups attached to an aromatic ring is 1. The maximum atomic E-state index is 12.2. The number of nitrogens with two attached hydrogens (primary N) is 1. The largest absolute Gasteiger partial charge is 0.492 e. The molecule has 0 bridgehead atoms. The number of hydrogen-bond donors (Lipinski definition) is 1. The standard InChI is InChI=1S/C14H20N2O2/c1-3-18-13-8-7-10(9-12(13)15)14(17)16(2)11-5-4-6-11/h7-9,11H,3-6,15H2,1-2H3. The van der Waals surface area contributed by atoms with E-state index in [2.05, 4.69) is 0 Å². The number of benzene rings is 1. The molecule has 4 nitrogen and oxygen atoms in total. The van der Waals surface area contributed by atoms with Crippen LogP contribution in [0.25, 0.3) is 0 Å². The van der Waals surface area contributed by atoms with Crippen molar-refractivity contribution >= 4 is 11.6 Å². The number of amides is 1. The second-order valence-corrected chi connectivity index (χ2v) is 4.69. The van der Waals surface area contributed by atoms with Crippen molar-refractivity contribution in [2.24, 2.45) is 0 Å². The Hall–Kier alpha value is -1.71. The van der Waals surface area contributed by atoms with Crippen LogP contribution in [0.3, 0.4) is 0 Å². The van der Waals surface area contributed by atoms with Gasteiger partial charge in [-0.2, -0.15) is 0 Å². The smallest absolute Gasteiger partial charge is 0.253 e. The van der Waals surface area contributed by atoms with Gasteiger partial charge in [-0.15, -0.1) is 0 Å². The number of nitrogens with zero attached hydrogens (tertiary/aromatic N) is 1. The van der Waals surface area contributed by atoms with Crippen molar-refractivity contribution < 1.29 is 9.53 Å². The average molecular weight is 248 g/mol. The highest BCUT2D eigenvalue weighted by molar-refractivity contribution is 5.95. The predicted molar refractivity (Wildman–Crippen MR) is 71.8 cm³/mol. The number of hydrogen-bond acceptors (Lipinski definition) is 3. The molecular formula is C14H20N2O2. The monoisotopic (exact) mass is 248 g/mol. The lowest BCUT2D eigenvalue weighted by Gasteiger charge is -2.34. The second-order valence-electron chi connectivity index (χ2n) is 4.69. The summed E-state index contributed by atoms with van der Waals surface area (Å²) in [7, 11) is 1.86. The Labute approximate surface area is 108 Å². The van der Waals surface area contributed by atoms with Crippen LogP contribution in [-0.4, -0.2) is 30.5 Å². The molecule has 1 amide bonds. The van der Waals surface area contributed by atoms with E-state index in [4.69, 9.17) is 10.5 Å². The highest BCUT2D eigenvalue weighted by atomic mass is 16.5. The molecular weight excluding hydrogens is 228 g/mol. The molecule has 0 aromatic heterocycles. The minimum absolute atomic E-state index is 0.0365. The number of carbonyl (C=O) groups excluding carboxylic acids is 1. The predicted octanol–water partition coefficient (Wildman–Crippen LogP) is 2.29. The lowest BCUT2D eigenvalue weighted by molar-refractivity contribution is 0.0652. The van der Waals surface area contributed by atoms with Crippen LogP contribution < -0.4 is 10.5 Å². The third-order valence-corrected chi connectivity index (χ3v) is 3.50. The molecule has 0 radical (unpaired) electrons. The maximum absolute atomic E-state index is 12.2. The summed E-state index contributed by atoms with van der Waals surface area (Å²) in [5, 5.41) is 0. The molecule has 0 atom stereocenters. The van der Waals surface area contributed by atoms with E-state index in [-0.39, 0.29) is 5.91 Å². The van der Waals surface area contributed by atoms with Crippen LogP contribution in [0.1, 0.15) is 36.5 Å². The minimum Gasteiger partial charge on any atom is -0.492 e. The van der Waals surface area contributed by atoms with Crippen LogP contribution in [0.15, 0.2) is 18.2 Å². The Kier molecular flexibility index (Phi) is 3.75. The zero-order valence-corrected chi connectivity index (χ0v) is 11.0. The molecule has 98 valence electrons. The molecule has 2 N–H and O–H groups in total. The molecule has 0 unspecified atom stereocenters. The van der Waals surface area contributed by atoms with Crippen LogP contribution in [0.2, 0.25) is 0 Å². The fourth-order valence-corrected chi connectivity index (χ4v) is 2.11. The molecule has 1 aliphatic rings. The first-order chi connectivity index (χ1) is 8.63. The summed E-state index contributed by atoms with van der Waals surface area (Å²) in [5.41, 5.74) is 7.02. The molecule has 0 heterocycles. The summed E-state index contributed by atoms with van der Waals surface area (Å²) in [4.78, 5) is 14.0. The number of rotatable bonds is 4. The minimum atomic E-state index is 0.0365. The number of ether oxygens (including phenoxy) is 1. The lowest BCUT2D eigenvalue weighted by atomic mass is 9.91. The van der Waals surface area contributed by atoms with Crippen LogP contribution in [-0.2, 0) is 0 Å². The average Bonchev–Trinajstić information content (AvgIpc) is 2.28. The van der Waals surface area contributed by atoms with Crippen LogP contribution in [0, 0.1) is 0 Å². The molecule has 1 fully saturated rings. The van der Waals surface area contributed by atoms with Crippen LogP contribution in [0.5, 0.6) is 5.75 Å². The van der Waals surface area contributed by atoms with Gasteiger partial charge in [-0.1, -0.05) is 0 Å². The highest BCUT2D eigenvalue weighted by Gasteiger charge is 2.26. The summed E-state index contributed by atoms with van der Waals surface area (Å²) in [6.07, 6.45) is 3.43. The van der Waals surface area contributed by atoms with E-state index < -0.39 is 0 Å². The van der Waals surface area contributed by atoms with Crippen LogP contribution >= 0.6 is 0 Å². The van der Waals surface area contributed by atoms with Crippen molar-refractivity contribution in [3.8, 4) is 5.75 Å². The van der Waals surface area contributed by atoms with E-state index in [1.807, 2.05) is 18.9 Å². The molecule has 0 saturated heterocycles. The van der Waals surface area contributed by atoms with Gasteiger partial charge in [0.15, 0.2) is 0 Å². The zero-order chi connectivity index (χ0) is 13.1. The Morgan fingerprint density at radius 2 is 2.22 bits per heavy atom.